The van der Waals surface area contributed by atoms with Crippen molar-refractivity contribution >= 4 is 51.6 Å². The van der Waals surface area contributed by atoms with Crippen LogP contribution in [0.4, 0.5) is 13.2 Å². The zero-order valence-corrected chi connectivity index (χ0v) is 20.2. The first-order chi connectivity index (χ1) is 16.5. The number of carboxylic acid groups (broad SMARTS) is 1. The predicted octanol–water partition coefficient (Wildman–Crippen LogP) is 6.88. The highest BCUT2D eigenvalue weighted by Crippen LogP contribution is 2.37. The molecule has 35 heavy (non-hydrogen) atoms. The Kier molecular flexibility index (Phi) is 8.04. The molecular weight excluding hydrogens is 526 g/mol. The first-order valence-electron chi connectivity index (χ1n) is 9.89. The molecule has 4 aromatic rings. The molecule has 0 spiro atoms. The van der Waals surface area contributed by atoms with Gasteiger partial charge >= 0.3 is 23.7 Å². The van der Waals surface area contributed by atoms with Gasteiger partial charge < -0.3 is 9.67 Å². The van der Waals surface area contributed by atoms with Crippen LogP contribution in [0, 0.1) is 6.92 Å². The molecule has 1 N–H and O–H groups in total. The Labute approximate surface area is 211 Å². The second-order valence-electron chi connectivity index (χ2n) is 7.47. The molecule has 182 valence electrons. The van der Waals surface area contributed by atoms with Gasteiger partial charge in [-0.05, 0) is 60.5 Å². The van der Waals surface area contributed by atoms with Crippen LogP contribution in [0.5, 0.6) is 0 Å². The molecular formula is C24H16Cl2F3NO4S. The third-order valence-corrected chi connectivity index (χ3v) is 6.11. The number of fused-ring (bicyclic) bond motifs is 1. The van der Waals surface area contributed by atoms with E-state index in [4.69, 9.17) is 31.6 Å². The van der Waals surface area contributed by atoms with Crippen LogP contribution in [0.1, 0.15) is 32.7 Å². The van der Waals surface area contributed by atoms with E-state index >= 15 is 0 Å². The summed E-state index contributed by atoms with van der Waals surface area (Å²) in [4.78, 5) is 11.5. The molecule has 0 saturated heterocycles. The fourth-order valence-corrected chi connectivity index (χ4v) is 4.41. The molecule has 4 rings (SSSR count). The Balaban J connectivity index is 0.00000108. The average Bonchev–Trinajstić information content (AvgIpc) is 3.15. The number of carboxylic acids is 1. The highest BCUT2D eigenvalue weighted by molar-refractivity contribution is 7.51. The van der Waals surface area contributed by atoms with Gasteiger partial charge in [0.05, 0.1) is 21.7 Å². The van der Waals surface area contributed by atoms with E-state index in [1.807, 2.05) is 6.07 Å². The number of hydrogen-bond donors (Lipinski definition) is 1. The van der Waals surface area contributed by atoms with E-state index in [-0.39, 0.29) is 22.0 Å². The lowest BCUT2D eigenvalue weighted by molar-refractivity contribution is -0.137. The van der Waals surface area contributed by atoms with Crippen molar-refractivity contribution in [2.24, 2.45) is 0 Å². The van der Waals surface area contributed by atoms with Gasteiger partial charge in [-0.3, -0.25) is 0 Å². The van der Waals surface area contributed by atoms with Gasteiger partial charge in [0.1, 0.15) is 0 Å². The zero-order chi connectivity index (χ0) is 25.9. The minimum absolute atomic E-state index is 0.00238. The summed E-state index contributed by atoms with van der Waals surface area (Å²) in [5.41, 5.74) is 1.71. The number of aromatic carboxylic acids is 1. The molecule has 0 aliphatic heterocycles. The monoisotopic (exact) mass is 541 g/mol. The lowest BCUT2D eigenvalue weighted by Gasteiger charge is -2.15. The van der Waals surface area contributed by atoms with Gasteiger partial charge in [-0.15, -0.1) is 0 Å². The van der Waals surface area contributed by atoms with Crippen molar-refractivity contribution in [2.45, 2.75) is 19.5 Å². The van der Waals surface area contributed by atoms with Crippen LogP contribution in [0.3, 0.4) is 0 Å². The fourth-order valence-electron chi connectivity index (χ4n) is 3.82. The van der Waals surface area contributed by atoms with E-state index in [2.05, 4.69) is 0 Å². The summed E-state index contributed by atoms with van der Waals surface area (Å²) >= 11 is 11.9. The summed E-state index contributed by atoms with van der Waals surface area (Å²) in [5, 5.41) is 10.3. The van der Waals surface area contributed by atoms with E-state index in [1.54, 1.807) is 41.8 Å². The van der Waals surface area contributed by atoms with Gasteiger partial charge in [-0.1, -0.05) is 41.4 Å². The highest BCUT2D eigenvalue weighted by atomic mass is 35.5. The number of nitrogens with zero attached hydrogens (tertiary/aromatic N) is 1. The normalized spacial score (nSPS) is 11.1. The molecule has 11 heteroatoms. The summed E-state index contributed by atoms with van der Waals surface area (Å²) in [6.45, 7) is 1.63. The number of halogens is 5. The first-order valence-corrected chi connectivity index (χ1v) is 11.3. The number of alkyl halides is 3. The van der Waals surface area contributed by atoms with Gasteiger partial charge in [-0.25, -0.2) is 4.79 Å². The Morgan fingerprint density at radius 3 is 2.23 bits per heavy atom. The molecule has 0 aliphatic carbocycles. The molecule has 1 heterocycles. The minimum Gasteiger partial charge on any atom is -0.478 e. The highest BCUT2D eigenvalue weighted by Gasteiger charge is 2.32. The van der Waals surface area contributed by atoms with Crippen LogP contribution < -0.4 is 0 Å². The average molecular weight is 542 g/mol. The van der Waals surface area contributed by atoms with Crippen LogP contribution in [0.2, 0.25) is 10.0 Å². The Hall–Kier alpha value is -3.14. The van der Waals surface area contributed by atoms with Gasteiger partial charge in [0.25, 0.3) is 0 Å². The van der Waals surface area contributed by atoms with E-state index < -0.39 is 29.3 Å². The minimum atomic E-state index is -4.49. The molecule has 0 radical (unpaired) electrons. The molecule has 0 unspecified atom stereocenters. The van der Waals surface area contributed by atoms with Crippen LogP contribution in [0.15, 0.2) is 60.7 Å². The van der Waals surface area contributed by atoms with E-state index in [0.717, 1.165) is 12.1 Å². The third-order valence-electron chi connectivity index (χ3n) is 5.32. The lowest BCUT2D eigenvalue weighted by Crippen LogP contribution is -2.07. The smallest absolute Gasteiger partial charge is 0.416 e. The number of carbonyl (C=O) groups is 1. The molecule has 0 saturated carbocycles. The summed E-state index contributed by atoms with van der Waals surface area (Å²) in [6, 6.07) is 15.8. The largest absolute Gasteiger partial charge is 0.478 e. The van der Waals surface area contributed by atoms with Crippen molar-refractivity contribution in [3.63, 3.8) is 0 Å². The zero-order valence-electron chi connectivity index (χ0n) is 17.9. The Morgan fingerprint density at radius 1 is 1.03 bits per heavy atom. The van der Waals surface area contributed by atoms with Gasteiger partial charge in [0, 0.05) is 28.2 Å². The third kappa shape index (κ3) is 5.58. The number of aryl methyl sites for hydroxylation is 1. The van der Waals surface area contributed by atoms with Crippen molar-refractivity contribution in [3.05, 3.63) is 98.7 Å². The Bertz CT molecular complexity index is 1450. The van der Waals surface area contributed by atoms with E-state index in [0.29, 0.717) is 33.4 Å². The maximum atomic E-state index is 13.5. The molecule has 0 bridgehead atoms. The van der Waals surface area contributed by atoms with Crippen molar-refractivity contribution in [1.29, 1.82) is 0 Å². The number of para-hydroxylation sites is 1. The quantitative estimate of drug-likeness (QED) is 0.305. The molecule has 5 nitrogen and oxygen atoms in total. The summed E-state index contributed by atoms with van der Waals surface area (Å²) < 4.78 is 58.8. The van der Waals surface area contributed by atoms with Crippen molar-refractivity contribution in [1.82, 2.24) is 4.57 Å². The number of benzene rings is 3. The summed E-state index contributed by atoms with van der Waals surface area (Å²) in [6.07, 6.45) is -4.36. The van der Waals surface area contributed by atoms with Crippen molar-refractivity contribution in [2.75, 3.05) is 0 Å². The number of hydrogen-bond acceptors (Lipinski definition) is 3. The fraction of sp³-hybridized carbons (Fsp3) is 0.125. The maximum Gasteiger partial charge on any atom is 0.416 e. The standard InChI is InChI=1S/C24H16Cl2F3NO2.O2S/c1-13-9-14(24(27,28)29)10-21-18(13)11-16(30(21)15-5-3-2-4-6-15)12-19-20(25)8-7-17(22(19)26)23(31)32;1-3-2/h2-11H,12H2,1H3,(H,31,32);. The molecule has 1 aromatic heterocycles. The Morgan fingerprint density at radius 2 is 1.66 bits per heavy atom. The van der Waals surface area contributed by atoms with E-state index in [1.165, 1.54) is 12.1 Å². The molecule has 0 fully saturated rings. The second-order valence-corrected chi connectivity index (χ2v) is 8.39. The number of rotatable bonds is 4. The van der Waals surface area contributed by atoms with Crippen molar-refractivity contribution in [3.8, 4) is 5.69 Å². The van der Waals surface area contributed by atoms with Crippen LogP contribution in [0.25, 0.3) is 16.6 Å². The predicted molar refractivity (Wildman–Crippen MR) is 128 cm³/mol. The number of aromatic nitrogens is 1. The van der Waals surface area contributed by atoms with Crippen LogP contribution >= 0.6 is 23.2 Å². The lowest BCUT2D eigenvalue weighted by atomic mass is 10.0. The summed E-state index contributed by atoms with van der Waals surface area (Å²) in [7, 11) is 0. The molecule has 0 atom stereocenters. The van der Waals surface area contributed by atoms with E-state index in [9.17, 15) is 23.1 Å². The SMILES string of the molecule is Cc1cc(C(F)(F)F)cc2c1cc(Cc1c(Cl)ccc(C(=O)O)c1Cl)n2-c1ccccc1.O=S=O. The molecule has 0 aliphatic rings. The van der Waals surface area contributed by atoms with Gasteiger partial charge in [-0.2, -0.15) is 21.6 Å². The molecule has 0 amide bonds. The maximum absolute atomic E-state index is 13.5. The van der Waals surface area contributed by atoms with Crippen LogP contribution in [-0.4, -0.2) is 24.1 Å². The first kappa shape index (κ1) is 26.5. The summed E-state index contributed by atoms with van der Waals surface area (Å²) in [5.74, 6) is -1.19. The molecule has 3 aromatic carbocycles. The second kappa shape index (κ2) is 10.6. The van der Waals surface area contributed by atoms with Gasteiger partial charge in [0.15, 0.2) is 0 Å². The van der Waals surface area contributed by atoms with Crippen molar-refractivity contribution < 1.29 is 31.5 Å². The van der Waals surface area contributed by atoms with Crippen LogP contribution in [-0.2, 0) is 24.2 Å². The van der Waals surface area contributed by atoms with Gasteiger partial charge in [0.2, 0.25) is 0 Å². The topological polar surface area (TPSA) is 76.4 Å².